The third kappa shape index (κ3) is 4.53. The monoisotopic (exact) mass is 447 g/mol. The lowest BCUT2D eigenvalue weighted by molar-refractivity contribution is -0.122. The number of ketones is 1. The molecule has 32 heavy (non-hydrogen) atoms. The number of hydrogen-bond donors (Lipinski definition) is 1. The van der Waals surface area contributed by atoms with Gasteiger partial charge in [0.1, 0.15) is 11.3 Å². The molecule has 1 heterocycles. The first-order valence-electron chi connectivity index (χ1n) is 10.3. The van der Waals surface area contributed by atoms with Crippen molar-refractivity contribution < 1.29 is 18.7 Å². The van der Waals surface area contributed by atoms with Gasteiger partial charge in [0.25, 0.3) is 5.91 Å². The molecular weight excluding hydrogens is 426 g/mol. The van der Waals surface area contributed by atoms with Crippen LogP contribution in [0.1, 0.15) is 35.5 Å². The summed E-state index contributed by atoms with van der Waals surface area (Å²) in [5.41, 5.74) is 2.42. The fourth-order valence-electron chi connectivity index (χ4n) is 3.35. The van der Waals surface area contributed by atoms with Gasteiger partial charge in [-0.1, -0.05) is 42.8 Å². The van der Waals surface area contributed by atoms with E-state index in [4.69, 9.17) is 20.8 Å². The van der Waals surface area contributed by atoms with Crippen LogP contribution in [0.3, 0.4) is 0 Å². The number of rotatable bonds is 7. The third-order valence-corrected chi connectivity index (χ3v) is 5.42. The van der Waals surface area contributed by atoms with E-state index in [-0.39, 0.29) is 17.5 Å². The number of furan rings is 1. The lowest BCUT2D eigenvalue weighted by atomic mass is 10.1. The number of amides is 1. The molecular formula is C26H22ClNO4. The van der Waals surface area contributed by atoms with Gasteiger partial charge in [0, 0.05) is 16.0 Å². The van der Waals surface area contributed by atoms with E-state index in [0.29, 0.717) is 33.0 Å². The first kappa shape index (κ1) is 21.7. The van der Waals surface area contributed by atoms with Crippen molar-refractivity contribution in [3.05, 3.63) is 94.7 Å². The van der Waals surface area contributed by atoms with Crippen molar-refractivity contribution in [1.82, 2.24) is 0 Å². The molecule has 4 rings (SSSR count). The van der Waals surface area contributed by atoms with Crippen LogP contribution in [-0.2, 0) is 11.2 Å². The molecule has 0 saturated carbocycles. The van der Waals surface area contributed by atoms with E-state index in [1.54, 1.807) is 49.4 Å². The molecule has 0 unspecified atom stereocenters. The molecule has 1 N–H and O–H groups in total. The van der Waals surface area contributed by atoms with Crippen molar-refractivity contribution >= 4 is 39.9 Å². The molecule has 0 aliphatic carbocycles. The van der Waals surface area contributed by atoms with Crippen molar-refractivity contribution in [3.8, 4) is 5.75 Å². The highest BCUT2D eigenvalue weighted by atomic mass is 35.5. The third-order valence-electron chi connectivity index (χ3n) is 5.17. The number of hydrogen-bond acceptors (Lipinski definition) is 4. The molecule has 0 aliphatic heterocycles. The second-order valence-corrected chi connectivity index (χ2v) is 7.82. The maximum Gasteiger partial charge on any atom is 0.265 e. The molecule has 6 heteroatoms. The Kier molecular flexibility index (Phi) is 6.28. The summed E-state index contributed by atoms with van der Waals surface area (Å²) in [6, 6.07) is 21.3. The lowest BCUT2D eigenvalue weighted by Crippen LogP contribution is -2.30. The van der Waals surface area contributed by atoms with Gasteiger partial charge >= 0.3 is 0 Å². The Balaban J connectivity index is 1.61. The Hall–Kier alpha value is -3.57. The van der Waals surface area contributed by atoms with E-state index < -0.39 is 6.10 Å². The minimum atomic E-state index is -0.783. The number of fused-ring (bicyclic) bond motifs is 1. The maximum atomic E-state index is 13.1. The van der Waals surface area contributed by atoms with Crippen molar-refractivity contribution in [3.63, 3.8) is 0 Å². The fourth-order valence-corrected chi connectivity index (χ4v) is 3.47. The zero-order valence-corrected chi connectivity index (χ0v) is 18.5. The van der Waals surface area contributed by atoms with E-state index >= 15 is 0 Å². The van der Waals surface area contributed by atoms with E-state index in [0.717, 1.165) is 6.42 Å². The SMILES string of the molecule is CCc1ccc(O[C@@H](C)C(=O)Nc2c(C(=O)c3ccc(Cl)cc3)oc3ccccc23)cc1. The summed E-state index contributed by atoms with van der Waals surface area (Å²) >= 11 is 5.94. The summed E-state index contributed by atoms with van der Waals surface area (Å²) in [5.74, 6) is -0.0843. The number of ether oxygens (including phenoxy) is 1. The van der Waals surface area contributed by atoms with E-state index in [1.807, 2.05) is 30.3 Å². The van der Waals surface area contributed by atoms with Crippen LogP contribution < -0.4 is 10.1 Å². The predicted molar refractivity (Wildman–Crippen MR) is 126 cm³/mol. The largest absolute Gasteiger partial charge is 0.481 e. The molecule has 0 bridgehead atoms. The second kappa shape index (κ2) is 9.28. The van der Waals surface area contributed by atoms with Crippen molar-refractivity contribution in [2.45, 2.75) is 26.4 Å². The van der Waals surface area contributed by atoms with Crippen molar-refractivity contribution in [1.29, 1.82) is 0 Å². The van der Waals surface area contributed by atoms with Gasteiger partial charge in [0.05, 0.1) is 5.69 Å². The molecule has 3 aromatic carbocycles. The predicted octanol–water partition coefficient (Wildman–Crippen LogP) is 6.29. The Labute approximate surface area is 191 Å². The molecule has 5 nitrogen and oxygen atoms in total. The van der Waals surface area contributed by atoms with Gasteiger partial charge in [0.15, 0.2) is 11.9 Å². The van der Waals surface area contributed by atoms with E-state index in [2.05, 4.69) is 12.2 Å². The number of nitrogens with one attached hydrogen (secondary N) is 1. The average Bonchev–Trinajstić information content (AvgIpc) is 3.18. The quantitative estimate of drug-likeness (QED) is 0.338. The number of para-hydroxylation sites is 1. The Morgan fingerprint density at radius 1 is 1.00 bits per heavy atom. The summed E-state index contributed by atoms with van der Waals surface area (Å²) in [7, 11) is 0. The van der Waals surface area contributed by atoms with Gasteiger partial charge in [-0.15, -0.1) is 0 Å². The normalized spacial score (nSPS) is 11.8. The van der Waals surface area contributed by atoms with Crippen LogP contribution in [0.5, 0.6) is 5.75 Å². The highest BCUT2D eigenvalue weighted by Crippen LogP contribution is 2.33. The van der Waals surface area contributed by atoms with Crippen molar-refractivity contribution in [2.24, 2.45) is 0 Å². The number of aryl methyl sites for hydroxylation is 1. The molecule has 1 amide bonds. The number of carbonyl (C=O) groups excluding carboxylic acids is 2. The number of benzene rings is 3. The molecule has 4 aromatic rings. The van der Waals surface area contributed by atoms with E-state index in [1.165, 1.54) is 5.56 Å². The first-order valence-corrected chi connectivity index (χ1v) is 10.7. The molecule has 0 spiro atoms. The van der Waals surface area contributed by atoms with Crippen LogP contribution >= 0.6 is 11.6 Å². The second-order valence-electron chi connectivity index (χ2n) is 7.39. The highest BCUT2D eigenvalue weighted by molar-refractivity contribution is 6.30. The summed E-state index contributed by atoms with van der Waals surface area (Å²) in [6.45, 7) is 3.73. The standard InChI is InChI=1S/C26H22ClNO4/c1-3-17-8-14-20(15-9-17)31-16(2)26(30)28-23-21-6-4-5-7-22(21)32-25(23)24(29)18-10-12-19(27)13-11-18/h4-16H,3H2,1-2H3,(H,28,30)/t16-/m0/s1. The minimum absolute atomic E-state index is 0.0568. The summed E-state index contributed by atoms with van der Waals surface area (Å²) in [6.07, 6.45) is 0.142. The molecule has 0 saturated heterocycles. The van der Waals surface area contributed by atoms with Gasteiger partial charge in [-0.2, -0.15) is 0 Å². The molecule has 0 radical (unpaired) electrons. The van der Waals surface area contributed by atoms with Gasteiger partial charge in [-0.25, -0.2) is 0 Å². The maximum absolute atomic E-state index is 13.1. The number of carbonyl (C=O) groups is 2. The fraction of sp³-hybridized carbons (Fsp3) is 0.154. The smallest absolute Gasteiger partial charge is 0.265 e. The van der Waals surface area contributed by atoms with Crippen molar-refractivity contribution in [2.75, 3.05) is 5.32 Å². The van der Waals surface area contributed by atoms with Crippen LogP contribution in [0.15, 0.2) is 77.2 Å². The van der Waals surface area contributed by atoms with Crippen LogP contribution in [-0.4, -0.2) is 17.8 Å². The van der Waals surface area contributed by atoms with Crippen LogP contribution in [0.25, 0.3) is 11.0 Å². The molecule has 162 valence electrons. The Bertz CT molecular complexity index is 1260. The molecule has 0 aliphatic rings. The summed E-state index contributed by atoms with van der Waals surface area (Å²) < 4.78 is 11.6. The molecule has 1 atom stereocenters. The zero-order chi connectivity index (χ0) is 22.7. The number of halogens is 1. The van der Waals surface area contributed by atoms with Gasteiger partial charge < -0.3 is 14.5 Å². The van der Waals surface area contributed by atoms with Crippen LogP contribution in [0.2, 0.25) is 5.02 Å². The zero-order valence-electron chi connectivity index (χ0n) is 17.7. The molecule has 0 fully saturated rings. The lowest BCUT2D eigenvalue weighted by Gasteiger charge is -2.15. The minimum Gasteiger partial charge on any atom is -0.481 e. The topological polar surface area (TPSA) is 68.5 Å². The number of anilines is 1. The van der Waals surface area contributed by atoms with Crippen LogP contribution in [0, 0.1) is 0 Å². The Morgan fingerprint density at radius 3 is 2.38 bits per heavy atom. The molecule has 1 aromatic heterocycles. The Morgan fingerprint density at radius 2 is 1.69 bits per heavy atom. The van der Waals surface area contributed by atoms with Crippen LogP contribution in [0.4, 0.5) is 5.69 Å². The van der Waals surface area contributed by atoms with Gasteiger partial charge in [-0.3, -0.25) is 9.59 Å². The average molecular weight is 448 g/mol. The van der Waals surface area contributed by atoms with Gasteiger partial charge in [-0.05, 0) is 67.4 Å². The van der Waals surface area contributed by atoms with E-state index in [9.17, 15) is 9.59 Å². The first-order chi connectivity index (χ1) is 15.5. The summed E-state index contributed by atoms with van der Waals surface area (Å²) in [4.78, 5) is 26.1. The van der Waals surface area contributed by atoms with Gasteiger partial charge in [0.2, 0.25) is 5.78 Å². The summed E-state index contributed by atoms with van der Waals surface area (Å²) in [5, 5.41) is 4.00. The highest BCUT2D eigenvalue weighted by Gasteiger charge is 2.25.